The maximum absolute atomic E-state index is 12.8. The van der Waals surface area contributed by atoms with E-state index in [0.717, 1.165) is 24.8 Å². The van der Waals surface area contributed by atoms with E-state index in [4.69, 9.17) is 13.9 Å². The summed E-state index contributed by atoms with van der Waals surface area (Å²) in [6.07, 6.45) is 11.6. The number of amides is 1. The minimum Gasteiger partial charge on any atom is -0.507 e. The average Bonchev–Trinajstić information content (AvgIpc) is 3.22. The molecule has 184 valence electrons. The highest BCUT2D eigenvalue weighted by atomic mass is 16.4. The lowest BCUT2D eigenvalue weighted by atomic mass is 9.99. The highest BCUT2D eigenvalue weighted by molar-refractivity contribution is 6.11. The first kappa shape index (κ1) is 26.7. The van der Waals surface area contributed by atoms with E-state index in [0.29, 0.717) is 18.6 Å². The molecule has 8 heteroatoms. The van der Waals surface area contributed by atoms with Crippen LogP contribution in [0.15, 0.2) is 49.9 Å². The van der Waals surface area contributed by atoms with Crippen LogP contribution in [0.5, 0.6) is 5.75 Å². The van der Waals surface area contributed by atoms with Crippen molar-refractivity contribution in [1.29, 1.82) is 0 Å². The number of allylic oxidation sites excluding steroid dienone is 2. The van der Waals surface area contributed by atoms with Gasteiger partial charge in [-0.05, 0) is 50.3 Å². The normalized spacial score (nSPS) is 12.7. The number of hydrogen-bond acceptors (Lipinski definition) is 6. The van der Waals surface area contributed by atoms with Crippen molar-refractivity contribution in [2.75, 3.05) is 0 Å². The molecule has 2 rings (SSSR count). The van der Waals surface area contributed by atoms with Crippen molar-refractivity contribution < 1.29 is 28.6 Å². The fourth-order valence-corrected chi connectivity index (χ4v) is 3.49. The highest BCUT2D eigenvalue weighted by Crippen LogP contribution is 2.26. The zero-order valence-electron chi connectivity index (χ0n) is 19.9. The summed E-state index contributed by atoms with van der Waals surface area (Å²) in [5, 5.41) is 21.0. The Morgan fingerprint density at radius 1 is 1.21 bits per heavy atom. The topological polar surface area (TPSA) is 130 Å². The molecule has 34 heavy (non-hydrogen) atoms. The Balaban J connectivity index is 2.06. The monoisotopic (exact) mass is 471 g/mol. The number of aromatic hydroxyl groups is 1. The van der Waals surface area contributed by atoms with Crippen molar-refractivity contribution >= 4 is 18.0 Å². The number of rotatable bonds is 13. The second kappa shape index (κ2) is 13.2. The van der Waals surface area contributed by atoms with Gasteiger partial charge in [-0.15, -0.1) is 0 Å². The van der Waals surface area contributed by atoms with Crippen LogP contribution in [0.1, 0.15) is 92.7 Å². The summed E-state index contributed by atoms with van der Waals surface area (Å²) in [5.74, 6) is -0.535. The van der Waals surface area contributed by atoms with Crippen molar-refractivity contribution in [3.63, 3.8) is 0 Å². The van der Waals surface area contributed by atoms with Crippen LogP contribution >= 0.6 is 0 Å². The van der Waals surface area contributed by atoms with E-state index >= 15 is 0 Å². The molecular weight excluding hydrogens is 438 g/mol. The van der Waals surface area contributed by atoms with Crippen LogP contribution in [-0.4, -0.2) is 22.1 Å². The van der Waals surface area contributed by atoms with Crippen LogP contribution in [0, 0.1) is 0 Å². The Hall–Kier alpha value is -3.55. The number of furan rings is 1. The summed E-state index contributed by atoms with van der Waals surface area (Å²) in [7, 11) is 0. The minimum absolute atomic E-state index is 0.229. The molecule has 2 heterocycles. The van der Waals surface area contributed by atoms with Gasteiger partial charge in [0.1, 0.15) is 22.8 Å². The number of carbonyl (C=O) groups is 2. The molecule has 1 unspecified atom stereocenters. The van der Waals surface area contributed by atoms with E-state index < -0.39 is 28.8 Å². The fraction of sp³-hybridized carbons (Fsp3) is 0.423. The first-order valence-corrected chi connectivity index (χ1v) is 11.5. The number of unbranched alkanes of at least 4 members (excludes halogenated alkanes) is 3. The fourth-order valence-electron chi connectivity index (χ4n) is 3.49. The van der Waals surface area contributed by atoms with Crippen LogP contribution in [0.4, 0.5) is 4.79 Å². The molecule has 0 bridgehead atoms. The first-order chi connectivity index (χ1) is 16.2. The number of Topliss-reactive ketones (excluding diaryl/α,β-unsaturated/α-hetero) is 1. The van der Waals surface area contributed by atoms with Crippen molar-refractivity contribution in [3.8, 4) is 5.75 Å². The largest absolute Gasteiger partial charge is 0.507 e. The highest BCUT2D eigenvalue weighted by Gasteiger charge is 2.22. The lowest BCUT2D eigenvalue weighted by molar-refractivity contribution is 0.102. The summed E-state index contributed by atoms with van der Waals surface area (Å²) in [5.41, 5.74) is -0.0245. The quantitative estimate of drug-likeness (QED) is 0.185. The molecule has 0 aliphatic heterocycles. The van der Waals surface area contributed by atoms with Crippen molar-refractivity contribution in [2.24, 2.45) is 0 Å². The van der Waals surface area contributed by atoms with Gasteiger partial charge in [0.15, 0.2) is 5.78 Å². The number of nitrogens with one attached hydrogen (secondary N) is 1. The van der Waals surface area contributed by atoms with Gasteiger partial charge in [-0.25, -0.2) is 9.59 Å². The zero-order valence-corrected chi connectivity index (χ0v) is 19.9. The second-order valence-electron chi connectivity index (χ2n) is 8.35. The van der Waals surface area contributed by atoms with Crippen LogP contribution in [-0.2, 0) is 6.42 Å². The molecule has 2 aromatic rings. The Morgan fingerprint density at radius 3 is 2.65 bits per heavy atom. The second-order valence-corrected chi connectivity index (χ2v) is 8.35. The minimum atomic E-state index is -1.15. The molecule has 0 radical (unpaired) electrons. The van der Waals surface area contributed by atoms with Crippen LogP contribution in [0.2, 0.25) is 0 Å². The smallest absolute Gasteiger partial charge is 0.408 e. The lowest BCUT2D eigenvalue weighted by Crippen LogP contribution is -2.16. The Labute approximate surface area is 199 Å². The summed E-state index contributed by atoms with van der Waals surface area (Å²) in [6, 6.07) is 3.16. The van der Waals surface area contributed by atoms with Gasteiger partial charge in [-0.2, -0.15) is 0 Å². The van der Waals surface area contributed by atoms with Gasteiger partial charge in [-0.1, -0.05) is 39.2 Å². The van der Waals surface area contributed by atoms with Gasteiger partial charge in [0, 0.05) is 23.8 Å². The molecule has 0 spiro atoms. The van der Waals surface area contributed by atoms with E-state index in [1.165, 1.54) is 25.1 Å². The van der Waals surface area contributed by atoms with E-state index in [-0.39, 0.29) is 17.3 Å². The molecule has 1 amide bonds. The van der Waals surface area contributed by atoms with Gasteiger partial charge in [-0.3, -0.25) is 10.1 Å². The Morgan fingerprint density at radius 2 is 1.97 bits per heavy atom. The molecule has 1 atom stereocenters. The molecule has 0 fully saturated rings. The van der Waals surface area contributed by atoms with Crippen LogP contribution in [0.25, 0.3) is 6.08 Å². The van der Waals surface area contributed by atoms with Crippen molar-refractivity contribution in [1.82, 2.24) is 5.32 Å². The molecule has 2 aromatic heterocycles. The average molecular weight is 472 g/mol. The standard InChI is InChI=1S/C26H33NO7/c1-4-5-6-7-11-19-14-20(33-16-19)13-18(3)24(29)23-21(28)15-22(34-25(23)30)17(2)10-8-9-12-27-26(31)32/h9,12-17,27-28H,4-8,10-11H2,1-3H3,(H,31,32)/b12-9?,18-13+. The van der Waals surface area contributed by atoms with Gasteiger partial charge in [0.05, 0.1) is 6.26 Å². The van der Waals surface area contributed by atoms with Crippen molar-refractivity contribution in [2.45, 2.75) is 71.6 Å². The molecule has 0 saturated carbocycles. The van der Waals surface area contributed by atoms with Crippen molar-refractivity contribution in [3.05, 3.63) is 69.3 Å². The summed E-state index contributed by atoms with van der Waals surface area (Å²) < 4.78 is 10.8. The molecule has 3 N–H and O–H groups in total. The van der Waals surface area contributed by atoms with Gasteiger partial charge >= 0.3 is 11.7 Å². The van der Waals surface area contributed by atoms with Crippen LogP contribution < -0.4 is 10.9 Å². The Kier molecular flexibility index (Phi) is 10.4. The van der Waals surface area contributed by atoms with Crippen LogP contribution in [0.3, 0.4) is 0 Å². The SMILES string of the molecule is CCCCCCc1coc(/C=C(\C)C(=O)c2c(O)cc(C(C)CCC=CNC(=O)O)oc2=O)c1. The number of carbonyl (C=O) groups excluding carboxylic acids is 1. The molecular formula is C26H33NO7. The third kappa shape index (κ3) is 8.10. The maximum atomic E-state index is 12.8. The third-order valence-corrected chi connectivity index (χ3v) is 5.46. The summed E-state index contributed by atoms with van der Waals surface area (Å²) in [4.78, 5) is 35.7. The molecule has 0 aromatic carbocycles. The predicted molar refractivity (Wildman–Crippen MR) is 129 cm³/mol. The maximum Gasteiger partial charge on any atom is 0.408 e. The van der Waals surface area contributed by atoms with E-state index in [9.17, 15) is 19.5 Å². The Bertz CT molecular complexity index is 1090. The number of ketones is 1. The van der Waals surface area contributed by atoms with E-state index in [1.807, 2.05) is 6.07 Å². The van der Waals surface area contributed by atoms with Gasteiger partial charge in [0.25, 0.3) is 0 Å². The first-order valence-electron chi connectivity index (χ1n) is 11.5. The number of aryl methyl sites for hydroxylation is 1. The number of carboxylic acid groups (broad SMARTS) is 1. The molecule has 0 saturated heterocycles. The molecule has 8 nitrogen and oxygen atoms in total. The predicted octanol–water partition coefficient (Wildman–Crippen LogP) is 6.01. The van der Waals surface area contributed by atoms with E-state index in [1.54, 1.807) is 32.3 Å². The van der Waals surface area contributed by atoms with E-state index in [2.05, 4.69) is 12.2 Å². The molecule has 0 aliphatic carbocycles. The summed E-state index contributed by atoms with van der Waals surface area (Å²) >= 11 is 0. The number of hydrogen-bond donors (Lipinski definition) is 3. The summed E-state index contributed by atoms with van der Waals surface area (Å²) in [6.45, 7) is 5.52. The molecule has 0 aliphatic rings. The zero-order chi connectivity index (χ0) is 25.1. The van der Waals surface area contributed by atoms with Gasteiger partial charge in [0.2, 0.25) is 0 Å². The lowest BCUT2D eigenvalue weighted by Gasteiger charge is -2.11. The van der Waals surface area contributed by atoms with Gasteiger partial charge < -0.3 is 19.0 Å². The third-order valence-electron chi connectivity index (χ3n) is 5.46.